The Bertz CT molecular complexity index is 441. The van der Waals surface area contributed by atoms with Crippen LogP contribution in [0, 0.1) is 24.6 Å². The minimum absolute atomic E-state index is 0.251. The summed E-state index contributed by atoms with van der Waals surface area (Å²) in [4.78, 5) is 0. The molecular weight excluding hydrogens is 239 g/mol. The fraction of sp³-hybridized carbons (Fsp3) is 0.647. The van der Waals surface area contributed by atoms with Gasteiger partial charge in [-0.05, 0) is 67.7 Å². The van der Waals surface area contributed by atoms with Crippen LogP contribution < -0.4 is 0 Å². The van der Waals surface area contributed by atoms with Gasteiger partial charge in [-0.25, -0.2) is 4.39 Å². The van der Waals surface area contributed by atoms with Gasteiger partial charge in [-0.3, -0.25) is 0 Å². The molecule has 19 heavy (non-hydrogen) atoms. The van der Waals surface area contributed by atoms with Gasteiger partial charge in [0, 0.05) is 0 Å². The normalized spacial score (nSPS) is 28.4. The Morgan fingerprint density at radius 3 is 2.68 bits per heavy atom. The topological polar surface area (TPSA) is 20.2 Å². The van der Waals surface area contributed by atoms with Crippen LogP contribution in [0.5, 0.6) is 0 Å². The van der Waals surface area contributed by atoms with Crippen LogP contribution in [-0.2, 0) is 5.60 Å². The first-order valence-electron chi connectivity index (χ1n) is 7.41. The maximum Gasteiger partial charge on any atom is 0.123 e. The molecular formula is C17H25FO. The second kappa shape index (κ2) is 5.62. The molecule has 1 nitrogen and oxygen atoms in total. The summed E-state index contributed by atoms with van der Waals surface area (Å²) in [5, 5.41) is 11.0. The van der Waals surface area contributed by atoms with Gasteiger partial charge in [0.25, 0.3) is 0 Å². The summed E-state index contributed by atoms with van der Waals surface area (Å²) in [6.45, 7) is 6.46. The number of rotatable bonds is 2. The Labute approximate surface area is 115 Å². The van der Waals surface area contributed by atoms with Crippen LogP contribution in [0.3, 0.4) is 0 Å². The standard InChI is InChI=1S/C17H25FO/c1-12(2)14-5-4-9-17(19,10-8-14)16-11-15(18)7-6-13(16)3/h6-7,11-12,14,19H,4-5,8-10H2,1-3H3. The van der Waals surface area contributed by atoms with E-state index in [0.29, 0.717) is 11.8 Å². The third kappa shape index (κ3) is 3.17. The number of hydrogen-bond donors (Lipinski definition) is 1. The van der Waals surface area contributed by atoms with Gasteiger partial charge >= 0.3 is 0 Å². The molecule has 0 heterocycles. The van der Waals surface area contributed by atoms with E-state index in [-0.39, 0.29) is 5.82 Å². The van der Waals surface area contributed by atoms with E-state index in [9.17, 15) is 9.50 Å². The van der Waals surface area contributed by atoms with E-state index in [2.05, 4.69) is 13.8 Å². The predicted molar refractivity (Wildman–Crippen MR) is 76.4 cm³/mol. The maximum absolute atomic E-state index is 13.5. The van der Waals surface area contributed by atoms with E-state index in [1.54, 1.807) is 6.07 Å². The summed E-state index contributed by atoms with van der Waals surface area (Å²) in [7, 11) is 0. The summed E-state index contributed by atoms with van der Waals surface area (Å²) in [6.07, 6.45) is 4.73. The number of halogens is 1. The number of hydrogen-bond acceptors (Lipinski definition) is 1. The Kier molecular flexibility index (Phi) is 4.29. The van der Waals surface area contributed by atoms with Crippen molar-refractivity contribution in [2.45, 2.75) is 58.5 Å². The summed E-state index contributed by atoms with van der Waals surface area (Å²) < 4.78 is 13.5. The fourth-order valence-corrected chi connectivity index (χ4v) is 3.38. The summed E-state index contributed by atoms with van der Waals surface area (Å²) in [6, 6.07) is 4.76. The average molecular weight is 264 g/mol. The highest BCUT2D eigenvalue weighted by Crippen LogP contribution is 2.41. The van der Waals surface area contributed by atoms with E-state index in [4.69, 9.17) is 0 Å². The lowest BCUT2D eigenvalue weighted by atomic mass is 9.83. The van der Waals surface area contributed by atoms with Crippen molar-refractivity contribution >= 4 is 0 Å². The van der Waals surface area contributed by atoms with Crippen molar-refractivity contribution in [3.63, 3.8) is 0 Å². The van der Waals surface area contributed by atoms with E-state index >= 15 is 0 Å². The second-order valence-corrected chi connectivity index (χ2v) is 6.43. The molecule has 2 unspecified atom stereocenters. The van der Waals surface area contributed by atoms with Crippen LogP contribution in [-0.4, -0.2) is 5.11 Å². The third-order valence-corrected chi connectivity index (χ3v) is 4.74. The largest absolute Gasteiger partial charge is 0.385 e. The lowest BCUT2D eigenvalue weighted by molar-refractivity contribution is 0.0182. The first-order chi connectivity index (χ1) is 8.92. The van der Waals surface area contributed by atoms with E-state index in [0.717, 1.165) is 36.8 Å². The molecule has 0 bridgehead atoms. The first-order valence-corrected chi connectivity index (χ1v) is 7.41. The van der Waals surface area contributed by atoms with Gasteiger partial charge in [-0.1, -0.05) is 26.3 Å². The van der Waals surface area contributed by atoms with E-state index in [1.807, 2.05) is 6.92 Å². The molecule has 0 aliphatic heterocycles. The molecule has 1 aliphatic rings. The SMILES string of the molecule is Cc1ccc(F)cc1C1(O)CCCC(C(C)C)CC1. The molecule has 2 rings (SSSR count). The Balaban J connectivity index is 2.25. The van der Waals surface area contributed by atoms with E-state index in [1.165, 1.54) is 18.6 Å². The highest BCUT2D eigenvalue weighted by atomic mass is 19.1. The molecule has 0 spiro atoms. The van der Waals surface area contributed by atoms with Crippen LogP contribution in [0.4, 0.5) is 4.39 Å². The van der Waals surface area contributed by atoms with Crippen molar-refractivity contribution in [3.8, 4) is 0 Å². The number of aliphatic hydroxyl groups is 1. The zero-order valence-electron chi connectivity index (χ0n) is 12.2. The monoisotopic (exact) mass is 264 g/mol. The third-order valence-electron chi connectivity index (χ3n) is 4.74. The molecule has 2 atom stereocenters. The first kappa shape index (κ1) is 14.5. The van der Waals surface area contributed by atoms with Gasteiger partial charge in [0.15, 0.2) is 0 Å². The highest BCUT2D eigenvalue weighted by Gasteiger charge is 2.34. The molecule has 1 saturated carbocycles. The van der Waals surface area contributed by atoms with Crippen LogP contribution in [0.1, 0.15) is 57.1 Å². The fourth-order valence-electron chi connectivity index (χ4n) is 3.38. The van der Waals surface area contributed by atoms with Crippen molar-refractivity contribution in [3.05, 3.63) is 35.1 Å². The van der Waals surface area contributed by atoms with Crippen molar-refractivity contribution in [2.75, 3.05) is 0 Å². The molecule has 1 aromatic carbocycles. The Morgan fingerprint density at radius 2 is 2.00 bits per heavy atom. The molecule has 1 N–H and O–H groups in total. The average Bonchev–Trinajstić information content (AvgIpc) is 2.55. The predicted octanol–water partition coefficient (Wildman–Crippen LogP) is 4.56. The van der Waals surface area contributed by atoms with Gasteiger partial charge in [0.1, 0.15) is 5.82 Å². The van der Waals surface area contributed by atoms with E-state index < -0.39 is 5.60 Å². The second-order valence-electron chi connectivity index (χ2n) is 6.43. The van der Waals surface area contributed by atoms with Crippen molar-refractivity contribution in [2.24, 2.45) is 11.8 Å². The van der Waals surface area contributed by atoms with Gasteiger partial charge in [-0.2, -0.15) is 0 Å². The zero-order chi connectivity index (χ0) is 14.0. The molecule has 1 aromatic rings. The van der Waals surface area contributed by atoms with Crippen LogP contribution in [0.15, 0.2) is 18.2 Å². The molecule has 2 heteroatoms. The zero-order valence-corrected chi connectivity index (χ0v) is 12.2. The number of benzene rings is 1. The molecule has 1 fully saturated rings. The van der Waals surface area contributed by atoms with Crippen LogP contribution in [0.25, 0.3) is 0 Å². The smallest absolute Gasteiger partial charge is 0.123 e. The Hall–Kier alpha value is -0.890. The summed E-state index contributed by atoms with van der Waals surface area (Å²) >= 11 is 0. The van der Waals surface area contributed by atoms with Crippen molar-refractivity contribution in [1.82, 2.24) is 0 Å². The molecule has 106 valence electrons. The quantitative estimate of drug-likeness (QED) is 0.776. The van der Waals surface area contributed by atoms with Gasteiger partial charge in [0.2, 0.25) is 0 Å². The molecule has 0 radical (unpaired) electrons. The Morgan fingerprint density at radius 1 is 1.26 bits per heavy atom. The molecule has 0 saturated heterocycles. The highest BCUT2D eigenvalue weighted by molar-refractivity contribution is 5.32. The molecule has 0 amide bonds. The lowest BCUT2D eigenvalue weighted by Crippen LogP contribution is -2.26. The van der Waals surface area contributed by atoms with Crippen molar-refractivity contribution in [1.29, 1.82) is 0 Å². The molecule has 0 aromatic heterocycles. The van der Waals surface area contributed by atoms with Crippen molar-refractivity contribution < 1.29 is 9.50 Å². The minimum Gasteiger partial charge on any atom is -0.385 e. The molecule has 1 aliphatic carbocycles. The van der Waals surface area contributed by atoms with Crippen LogP contribution in [0.2, 0.25) is 0 Å². The summed E-state index contributed by atoms with van der Waals surface area (Å²) in [5.74, 6) is 1.09. The van der Waals surface area contributed by atoms with Gasteiger partial charge in [0.05, 0.1) is 5.60 Å². The number of aryl methyl sites for hydroxylation is 1. The lowest BCUT2D eigenvalue weighted by Gasteiger charge is -2.29. The maximum atomic E-state index is 13.5. The minimum atomic E-state index is -0.837. The van der Waals surface area contributed by atoms with Crippen LogP contribution >= 0.6 is 0 Å². The summed E-state index contributed by atoms with van der Waals surface area (Å²) in [5.41, 5.74) is 0.944. The van der Waals surface area contributed by atoms with Gasteiger partial charge in [-0.15, -0.1) is 0 Å². The van der Waals surface area contributed by atoms with Gasteiger partial charge < -0.3 is 5.11 Å².